The first kappa shape index (κ1) is 25.0. The summed E-state index contributed by atoms with van der Waals surface area (Å²) in [6.07, 6.45) is 16.1. The molecule has 0 aromatic heterocycles. The summed E-state index contributed by atoms with van der Waals surface area (Å²) in [5, 5.41) is 0. The minimum atomic E-state index is -2.48. The van der Waals surface area contributed by atoms with Crippen LogP contribution in [0.1, 0.15) is 98.3 Å². The van der Waals surface area contributed by atoms with E-state index in [1.54, 1.807) is 3.59 Å². The van der Waals surface area contributed by atoms with Gasteiger partial charge in [0.05, 0.1) is 0 Å². The number of hydrogen-bond donors (Lipinski definition) is 0. The van der Waals surface area contributed by atoms with E-state index in [4.69, 9.17) is 4.74 Å². The fourth-order valence-electron chi connectivity index (χ4n) is 3.84. The number of carbonyl (C=O) groups is 1. The number of esters is 1. The van der Waals surface area contributed by atoms with Crippen molar-refractivity contribution < 1.29 is 9.53 Å². The summed E-state index contributed by atoms with van der Waals surface area (Å²) in [5.74, 6) is -0.115. The van der Waals surface area contributed by atoms with Crippen LogP contribution in [0.3, 0.4) is 0 Å². The van der Waals surface area contributed by atoms with Crippen LogP contribution in [0.5, 0.6) is 0 Å². The molecular formula is C22H44O2Sn. The second-order valence-electron chi connectivity index (χ2n) is 7.59. The van der Waals surface area contributed by atoms with Gasteiger partial charge in [-0.3, -0.25) is 0 Å². The van der Waals surface area contributed by atoms with E-state index in [0.29, 0.717) is 0 Å². The van der Waals surface area contributed by atoms with Crippen LogP contribution in [0.25, 0.3) is 0 Å². The van der Waals surface area contributed by atoms with Crippen LogP contribution in [0, 0.1) is 0 Å². The van der Waals surface area contributed by atoms with Crippen molar-refractivity contribution in [1.82, 2.24) is 0 Å². The maximum absolute atomic E-state index is 12.1. The van der Waals surface area contributed by atoms with Gasteiger partial charge in [0.25, 0.3) is 0 Å². The third-order valence-electron chi connectivity index (χ3n) is 5.50. The molecule has 0 rings (SSSR count). The summed E-state index contributed by atoms with van der Waals surface area (Å²) in [5.41, 5.74) is 0. The topological polar surface area (TPSA) is 26.3 Å². The Morgan fingerprint density at radius 3 is 1.64 bits per heavy atom. The van der Waals surface area contributed by atoms with Gasteiger partial charge in [-0.15, -0.1) is 0 Å². The van der Waals surface area contributed by atoms with Crippen molar-refractivity contribution >= 4 is 24.3 Å². The molecule has 0 aliphatic rings. The molecule has 0 fully saturated rings. The summed E-state index contributed by atoms with van der Waals surface area (Å²) < 4.78 is 10.9. The zero-order valence-electron chi connectivity index (χ0n) is 17.8. The molecule has 0 spiro atoms. The number of hydrogen-bond acceptors (Lipinski definition) is 2. The summed E-state index contributed by atoms with van der Waals surface area (Å²) >= 11 is -2.48. The van der Waals surface area contributed by atoms with E-state index in [1.807, 2.05) is 6.08 Å². The minimum absolute atomic E-state index is 0.115. The third-order valence-corrected chi connectivity index (χ3v) is 21.7. The van der Waals surface area contributed by atoms with Gasteiger partial charge < -0.3 is 0 Å². The fraction of sp³-hybridized carbons (Fsp3) is 0.864. The molecule has 0 radical (unpaired) electrons. The Balaban J connectivity index is 5.53. The Labute approximate surface area is 162 Å². The van der Waals surface area contributed by atoms with E-state index in [2.05, 4.69) is 27.7 Å². The maximum atomic E-state index is 12.1. The van der Waals surface area contributed by atoms with E-state index < -0.39 is 18.4 Å². The molecule has 148 valence electrons. The van der Waals surface area contributed by atoms with E-state index in [0.717, 1.165) is 6.42 Å². The second kappa shape index (κ2) is 16.2. The number of rotatable bonds is 16. The Kier molecular flexibility index (Phi) is 16.2. The van der Waals surface area contributed by atoms with Gasteiger partial charge in [-0.25, -0.2) is 0 Å². The first-order valence-electron chi connectivity index (χ1n) is 10.9. The number of carbonyl (C=O) groups excluding carboxylic acids is 1. The number of allylic oxidation sites excluding steroid dienone is 1. The molecule has 0 bridgehead atoms. The van der Waals surface area contributed by atoms with Crippen molar-refractivity contribution in [3.8, 4) is 0 Å². The quantitative estimate of drug-likeness (QED) is 0.104. The Morgan fingerprint density at radius 1 is 0.760 bits per heavy atom. The Bertz CT molecular complexity index is 341. The van der Waals surface area contributed by atoms with Crippen LogP contribution >= 0.6 is 0 Å². The van der Waals surface area contributed by atoms with Gasteiger partial charge in [0, 0.05) is 0 Å². The molecule has 0 unspecified atom stereocenters. The summed E-state index contributed by atoms with van der Waals surface area (Å²) in [4.78, 5) is 12.1. The molecule has 0 N–H and O–H groups in total. The molecule has 0 aliphatic carbocycles. The van der Waals surface area contributed by atoms with E-state index in [-0.39, 0.29) is 5.97 Å². The van der Waals surface area contributed by atoms with Gasteiger partial charge in [0.15, 0.2) is 0 Å². The van der Waals surface area contributed by atoms with E-state index >= 15 is 0 Å². The van der Waals surface area contributed by atoms with Crippen LogP contribution in [0.15, 0.2) is 9.67 Å². The number of methoxy groups -OCH3 is 1. The zero-order valence-corrected chi connectivity index (χ0v) is 20.6. The van der Waals surface area contributed by atoms with E-state index in [1.165, 1.54) is 84.6 Å². The number of unbranched alkanes of at least 4 members (excludes halogenated alkanes) is 6. The summed E-state index contributed by atoms with van der Waals surface area (Å²) in [6.45, 7) is 9.18. The standard InChI is InChI=1S/C10H17O2.3C4H9.Sn/c1-3-4-5-6-7-8-9-10(11)12-2;3*1-3-4-2;/h9H,3-7H2,1-2H3;3*1,3-4H2,2H3;. The van der Waals surface area contributed by atoms with Crippen LogP contribution < -0.4 is 0 Å². The normalized spacial score (nSPS) is 12.4. The molecular weight excluding hydrogens is 415 g/mol. The SMILES string of the molecule is CCCCCC/[C](=C\C(=O)OC)[Sn]([CH2]CCC)([CH2]CCC)[CH2]CCC. The second-order valence-corrected chi connectivity index (χ2v) is 21.0. The zero-order chi connectivity index (χ0) is 19.0. The van der Waals surface area contributed by atoms with Gasteiger partial charge >= 0.3 is 162 Å². The predicted octanol–water partition coefficient (Wildman–Crippen LogP) is 7.44. The van der Waals surface area contributed by atoms with Crippen molar-refractivity contribution in [1.29, 1.82) is 0 Å². The van der Waals surface area contributed by atoms with Crippen LogP contribution in [-0.4, -0.2) is 31.5 Å². The molecule has 0 saturated carbocycles. The molecule has 0 amide bonds. The summed E-state index contributed by atoms with van der Waals surface area (Å²) in [7, 11) is 1.52. The molecule has 0 atom stereocenters. The molecule has 2 nitrogen and oxygen atoms in total. The van der Waals surface area contributed by atoms with Gasteiger partial charge in [-0.05, 0) is 0 Å². The van der Waals surface area contributed by atoms with Crippen molar-refractivity contribution in [3.63, 3.8) is 0 Å². The van der Waals surface area contributed by atoms with Crippen molar-refractivity contribution in [2.24, 2.45) is 0 Å². The predicted molar refractivity (Wildman–Crippen MR) is 114 cm³/mol. The van der Waals surface area contributed by atoms with Crippen LogP contribution in [0.2, 0.25) is 13.3 Å². The van der Waals surface area contributed by atoms with Gasteiger partial charge in [0.1, 0.15) is 0 Å². The van der Waals surface area contributed by atoms with E-state index in [9.17, 15) is 4.79 Å². The van der Waals surface area contributed by atoms with Crippen molar-refractivity contribution in [2.75, 3.05) is 7.11 Å². The molecule has 0 saturated heterocycles. The molecule has 25 heavy (non-hydrogen) atoms. The molecule has 3 heteroatoms. The van der Waals surface area contributed by atoms with Gasteiger partial charge in [-0.2, -0.15) is 0 Å². The Morgan fingerprint density at radius 2 is 1.24 bits per heavy atom. The van der Waals surface area contributed by atoms with Crippen molar-refractivity contribution in [2.45, 2.75) is 112 Å². The number of ether oxygens (including phenoxy) is 1. The van der Waals surface area contributed by atoms with Crippen LogP contribution in [-0.2, 0) is 9.53 Å². The molecule has 0 heterocycles. The Hall–Kier alpha value is 0.00870. The molecule has 0 aromatic rings. The average Bonchev–Trinajstić information content (AvgIpc) is 2.63. The first-order chi connectivity index (χ1) is 12.1. The van der Waals surface area contributed by atoms with Gasteiger partial charge in [-0.1, -0.05) is 0 Å². The van der Waals surface area contributed by atoms with Gasteiger partial charge in [0.2, 0.25) is 0 Å². The average molecular weight is 459 g/mol. The summed E-state index contributed by atoms with van der Waals surface area (Å²) in [6, 6.07) is 0. The van der Waals surface area contributed by atoms with Crippen LogP contribution in [0.4, 0.5) is 0 Å². The van der Waals surface area contributed by atoms with Crippen molar-refractivity contribution in [3.05, 3.63) is 9.67 Å². The third kappa shape index (κ3) is 10.7. The fourth-order valence-corrected chi connectivity index (χ4v) is 20.8. The monoisotopic (exact) mass is 460 g/mol. The first-order valence-corrected chi connectivity index (χ1v) is 18.4. The molecule has 0 aromatic carbocycles. The molecule has 0 aliphatic heterocycles.